The van der Waals surface area contributed by atoms with Crippen molar-refractivity contribution in [1.82, 2.24) is 5.32 Å². The van der Waals surface area contributed by atoms with E-state index in [1.54, 1.807) is 0 Å². The van der Waals surface area contributed by atoms with Crippen LogP contribution in [0.25, 0.3) is 0 Å². The largest absolute Gasteiger partial charge is 0.394 e. The van der Waals surface area contributed by atoms with Crippen molar-refractivity contribution in [3.8, 4) is 0 Å². The predicted octanol–water partition coefficient (Wildman–Crippen LogP) is 1.65. The van der Waals surface area contributed by atoms with Gasteiger partial charge in [0.15, 0.2) is 0 Å². The Morgan fingerprint density at radius 1 is 1.67 bits per heavy atom. The third-order valence-electron chi connectivity index (χ3n) is 1.91. The number of hydrogen-bond acceptors (Lipinski definition) is 2. The molecule has 1 amide bonds. The smallest absolute Gasteiger partial charge is 0.217 e. The molecule has 0 spiro atoms. The fourth-order valence-electron chi connectivity index (χ4n) is 1.21. The minimum absolute atomic E-state index is 0.0312. The van der Waals surface area contributed by atoms with Crippen molar-refractivity contribution in [3.63, 3.8) is 0 Å². The Bertz CT molecular complexity index is 370. The van der Waals surface area contributed by atoms with Crippen molar-refractivity contribution in [2.75, 3.05) is 6.61 Å². The monoisotopic (exact) mass is 231 g/mol. The average Bonchev–Trinajstić information content (AvgIpc) is 2.18. The van der Waals surface area contributed by atoms with E-state index in [1.165, 1.54) is 25.1 Å². The molecule has 1 aromatic carbocycles. The lowest BCUT2D eigenvalue weighted by atomic mass is 10.1. The number of nitrogens with one attached hydrogen (secondary N) is 1. The van der Waals surface area contributed by atoms with Crippen LogP contribution >= 0.6 is 11.6 Å². The molecule has 0 aliphatic rings. The second-order valence-corrected chi connectivity index (χ2v) is 3.52. The van der Waals surface area contributed by atoms with Gasteiger partial charge < -0.3 is 10.4 Å². The first kappa shape index (κ1) is 11.9. The first-order chi connectivity index (χ1) is 7.04. The van der Waals surface area contributed by atoms with E-state index in [0.29, 0.717) is 5.56 Å². The van der Waals surface area contributed by atoms with Crippen LogP contribution in [0, 0.1) is 5.82 Å². The molecule has 15 heavy (non-hydrogen) atoms. The van der Waals surface area contributed by atoms with E-state index < -0.39 is 11.9 Å². The summed E-state index contributed by atoms with van der Waals surface area (Å²) in [7, 11) is 0. The summed E-state index contributed by atoms with van der Waals surface area (Å²) in [6.45, 7) is 1.08. The quantitative estimate of drug-likeness (QED) is 0.831. The lowest BCUT2D eigenvalue weighted by Gasteiger charge is -2.15. The number of aliphatic hydroxyl groups is 1. The molecule has 1 aromatic rings. The van der Waals surface area contributed by atoms with Gasteiger partial charge >= 0.3 is 0 Å². The van der Waals surface area contributed by atoms with Gasteiger partial charge in [-0.25, -0.2) is 4.39 Å². The summed E-state index contributed by atoms with van der Waals surface area (Å²) in [5.74, 6) is -0.797. The van der Waals surface area contributed by atoms with E-state index in [-0.39, 0.29) is 17.5 Å². The van der Waals surface area contributed by atoms with Crippen molar-refractivity contribution in [2.24, 2.45) is 0 Å². The summed E-state index contributed by atoms with van der Waals surface area (Å²) in [6, 6.07) is 3.49. The zero-order chi connectivity index (χ0) is 11.4. The molecule has 0 radical (unpaired) electrons. The first-order valence-electron chi connectivity index (χ1n) is 4.37. The van der Waals surface area contributed by atoms with Crippen LogP contribution in [0.2, 0.25) is 5.02 Å². The van der Waals surface area contributed by atoms with Crippen molar-refractivity contribution >= 4 is 17.5 Å². The highest BCUT2D eigenvalue weighted by atomic mass is 35.5. The molecule has 0 saturated heterocycles. The number of carbonyl (C=O) groups is 1. The predicted molar refractivity (Wildman–Crippen MR) is 55.1 cm³/mol. The van der Waals surface area contributed by atoms with Gasteiger partial charge in [0.05, 0.1) is 17.7 Å². The highest BCUT2D eigenvalue weighted by Crippen LogP contribution is 2.20. The van der Waals surface area contributed by atoms with Gasteiger partial charge in [0.1, 0.15) is 5.82 Å². The number of hydrogen-bond donors (Lipinski definition) is 2. The lowest BCUT2D eigenvalue weighted by Crippen LogP contribution is -2.28. The van der Waals surface area contributed by atoms with Crippen LogP contribution in [-0.2, 0) is 4.79 Å². The molecule has 0 aromatic heterocycles. The summed E-state index contributed by atoms with van der Waals surface area (Å²) in [5, 5.41) is 11.5. The fraction of sp³-hybridized carbons (Fsp3) is 0.300. The third kappa shape index (κ3) is 3.18. The molecule has 0 unspecified atom stereocenters. The molecular formula is C10H11ClFNO2. The summed E-state index contributed by atoms with van der Waals surface area (Å²) in [6.07, 6.45) is 0. The van der Waals surface area contributed by atoms with Crippen molar-refractivity contribution in [1.29, 1.82) is 0 Å². The molecule has 5 heteroatoms. The third-order valence-corrected chi connectivity index (χ3v) is 2.20. The van der Waals surface area contributed by atoms with Crippen molar-refractivity contribution in [3.05, 3.63) is 34.6 Å². The average molecular weight is 232 g/mol. The first-order valence-corrected chi connectivity index (χ1v) is 4.75. The second-order valence-electron chi connectivity index (χ2n) is 3.11. The maximum absolute atomic E-state index is 12.8. The van der Waals surface area contributed by atoms with Gasteiger partial charge in [-0.05, 0) is 17.7 Å². The topological polar surface area (TPSA) is 49.3 Å². The molecule has 82 valence electrons. The Morgan fingerprint density at radius 2 is 2.33 bits per heavy atom. The van der Waals surface area contributed by atoms with Crippen molar-refractivity contribution < 1.29 is 14.3 Å². The SMILES string of the molecule is CC(=O)N[C@H](CO)c1ccc(F)c(Cl)c1. The number of amides is 1. The van der Waals surface area contributed by atoms with E-state index >= 15 is 0 Å². The number of carbonyl (C=O) groups excluding carboxylic acids is 1. The van der Waals surface area contributed by atoms with Crippen LogP contribution < -0.4 is 5.32 Å². The van der Waals surface area contributed by atoms with E-state index in [0.717, 1.165) is 0 Å². The van der Waals surface area contributed by atoms with E-state index in [1.807, 2.05) is 0 Å². The highest BCUT2D eigenvalue weighted by molar-refractivity contribution is 6.30. The maximum Gasteiger partial charge on any atom is 0.217 e. The van der Waals surface area contributed by atoms with Crippen LogP contribution in [0.5, 0.6) is 0 Å². The number of benzene rings is 1. The summed E-state index contributed by atoms with van der Waals surface area (Å²) in [5.41, 5.74) is 0.569. The maximum atomic E-state index is 12.8. The molecule has 1 rings (SSSR count). The minimum Gasteiger partial charge on any atom is -0.394 e. The summed E-state index contributed by atoms with van der Waals surface area (Å²) in [4.78, 5) is 10.8. The van der Waals surface area contributed by atoms with E-state index in [9.17, 15) is 9.18 Å². The number of aliphatic hydroxyl groups excluding tert-OH is 1. The van der Waals surface area contributed by atoms with Crippen LogP contribution in [-0.4, -0.2) is 17.6 Å². The van der Waals surface area contributed by atoms with Gasteiger partial charge in [-0.2, -0.15) is 0 Å². The van der Waals surface area contributed by atoms with Crippen molar-refractivity contribution in [2.45, 2.75) is 13.0 Å². The summed E-state index contributed by atoms with van der Waals surface area (Å²) >= 11 is 5.58. The van der Waals surface area contributed by atoms with E-state index in [4.69, 9.17) is 16.7 Å². The van der Waals surface area contributed by atoms with Gasteiger partial charge in [-0.1, -0.05) is 17.7 Å². The van der Waals surface area contributed by atoms with Gasteiger partial charge in [-0.15, -0.1) is 0 Å². The van der Waals surface area contributed by atoms with Gasteiger partial charge in [0.25, 0.3) is 0 Å². The summed E-state index contributed by atoms with van der Waals surface area (Å²) < 4.78 is 12.8. The normalized spacial score (nSPS) is 12.3. The van der Waals surface area contributed by atoms with Gasteiger partial charge in [-0.3, -0.25) is 4.79 Å². The second kappa shape index (κ2) is 5.09. The highest BCUT2D eigenvalue weighted by Gasteiger charge is 2.12. The standard InChI is InChI=1S/C10H11ClFNO2/c1-6(15)13-10(5-14)7-2-3-9(12)8(11)4-7/h2-4,10,14H,5H2,1H3,(H,13,15)/t10-/m1/s1. The van der Waals surface area contributed by atoms with Crippen LogP contribution in [0.4, 0.5) is 4.39 Å². The molecule has 3 nitrogen and oxygen atoms in total. The molecule has 2 N–H and O–H groups in total. The fourth-order valence-corrected chi connectivity index (χ4v) is 1.40. The zero-order valence-corrected chi connectivity index (χ0v) is 8.88. The molecule has 0 saturated carbocycles. The Morgan fingerprint density at radius 3 is 2.80 bits per heavy atom. The molecule has 0 heterocycles. The molecule has 0 aliphatic carbocycles. The minimum atomic E-state index is -0.555. The Hall–Kier alpha value is -1.13. The number of halogens is 2. The van der Waals surface area contributed by atoms with Gasteiger partial charge in [0, 0.05) is 6.92 Å². The van der Waals surface area contributed by atoms with Crippen LogP contribution in [0.15, 0.2) is 18.2 Å². The lowest BCUT2D eigenvalue weighted by molar-refractivity contribution is -0.120. The van der Waals surface area contributed by atoms with E-state index in [2.05, 4.69) is 5.32 Å². The Balaban J connectivity index is 2.92. The Kier molecular flexibility index (Phi) is 4.05. The molecular weight excluding hydrogens is 221 g/mol. The van der Waals surface area contributed by atoms with Crippen LogP contribution in [0.1, 0.15) is 18.5 Å². The molecule has 0 bridgehead atoms. The number of rotatable bonds is 3. The van der Waals surface area contributed by atoms with Crippen LogP contribution in [0.3, 0.4) is 0 Å². The molecule has 0 aliphatic heterocycles. The Labute approximate surface area is 91.9 Å². The zero-order valence-electron chi connectivity index (χ0n) is 8.13. The molecule has 1 atom stereocenters. The van der Waals surface area contributed by atoms with Gasteiger partial charge in [0.2, 0.25) is 5.91 Å². The molecule has 0 fully saturated rings.